The fraction of sp³-hybridized carbons (Fsp3) is 0.462. The molecule has 1 fully saturated rings. The molecule has 0 amide bonds. The minimum absolute atomic E-state index is 0. The van der Waals surface area contributed by atoms with Crippen LogP contribution in [0.4, 0.5) is 5.69 Å². The molecule has 1 aromatic carbocycles. The molecule has 2 rings (SSSR count). The Morgan fingerprint density at radius 2 is 1.80 bits per heavy atom. The van der Waals surface area contributed by atoms with Gasteiger partial charge >= 0.3 is 18.9 Å². The van der Waals surface area contributed by atoms with Gasteiger partial charge in [0.1, 0.15) is 0 Å². The van der Waals surface area contributed by atoms with Crippen LogP contribution in [-0.2, 0) is 0 Å². The Hall–Kier alpha value is -0.513. The van der Waals surface area contributed by atoms with Crippen LogP contribution in [0.25, 0.3) is 0 Å². The number of nitrogens with zero attached hydrogens (tertiary/aromatic N) is 1. The van der Waals surface area contributed by atoms with Gasteiger partial charge in [0.15, 0.2) is 0 Å². The normalized spacial score (nSPS) is 15.9. The molecular formula is C13H18LiN. The summed E-state index contributed by atoms with van der Waals surface area (Å²) in [6, 6.07) is 6.41. The summed E-state index contributed by atoms with van der Waals surface area (Å²) in [5, 5.41) is 0. The summed E-state index contributed by atoms with van der Waals surface area (Å²) >= 11 is 0. The molecule has 2 heteroatoms. The van der Waals surface area contributed by atoms with Gasteiger partial charge in [-0.05, 0) is 24.9 Å². The second-order valence-corrected chi connectivity index (χ2v) is 4.11. The number of piperidine rings is 1. The first-order chi connectivity index (χ1) is 6.79. The van der Waals surface area contributed by atoms with Crippen LogP contribution >= 0.6 is 0 Å². The van der Waals surface area contributed by atoms with Crippen LogP contribution < -0.4 is 23.8 Å². The topological polar surface area (TPSA) is 3.24 Å². The predicted molar refractivity (Wildman–Crippen MR) is 61.7 cm³/mol. The van der Waals surface area contributed by atoms with Crippen LogP contribution in [-0.4, -0.2) is 13.1 Å². The van der Waals surface area contributed by atoms with E-state index < -0.39 is 0 Å². The summed E-state index contributed by atoms with van der Waals surface area (Å²) in [7, 11) is 0. The first kappa shape index (κ1) is 12.6. The van der Waals surface area contributed by atoms with Crippen LogP contribution in [0.2, 0.25) is 0 Å². The Morgan fingerprint density at radius 1 is 1.13 bits per heavy atom. The van der Waals surface area contributed by atoms with Crippen LogP contribution in [0.5, 0.6) is 0 Å². The molecule has 0 unspecified atom stereocenters. The van der Waals surface area contributed by atoms with E-state index in [-0.39, 0.29) is 18.9 Å². The molecule has 1 aliphatic heterocycles. The van der Waals surface area contributed by atoms with Crippen LogP contribution in [0.3, 0.4) is 0 Å². The average molecular weight is 195 g/mol. The third kappa shape index (κ3) is 2.74. The number of hydrogen-bond acceptors (Lipinski definition) is 1. The van der Waals surface area contributed by atoms with E-state index in [1.807, 2.05) is 0 Å². The molecule has 1 aromatic rings. The number of rotatable bonds is 1. The van der Waals surface area contributed by atoms with E-state index in [0.717, 1.165) is 5.56 Å². The quantitative estimate of drug-likeness (QED) is 0.456. The summed E-state index contributed by atoms with van der Waals surface area (Å²) in [6.45, 7) is 8.65. The molecule has 0 spiro atoms. The molecule has 1 saturated heterocycles. The minimum Gasteiger partial charge on any atom is -0.381 e. The third-order valence-corrected chi connectivity index (χ3v) is 3.11. The number of anilines is 1. The van der Waals surface area contributed by atoms with E-state index in [1.165, 1.54) is 43.6 Å². The van der Waals surface area contributed by atoms with Crippen molar-refractivity contribution in [3.63, 3.8) is 0 Å². The zero-order valence-corrected chi connectivity index (χ0v) is 9.92. The molecule has 0 aliphatic carbocycles. The van der Waals surface area contributed by atoms with E-state index in [9.17, 15) is 0 Å². The smallest absolute Gasteiger partial charge is 0.381 e. The van der Waals surface area contributed by atoms with E-state index in [4.69, 9.17) is 0 Å². The maximum absolute atomic E-state index is 4.05. The van der Waals surface area contributed by atoms with Crippen molar-refractivity contribution in [1.82, 2.24) is 0 Å². The number of benzene rings is 1. The number of hydrogen-bond donors (Lipinski definition) is 0. The Labute approximate surface area is 105 Å². The van der Waals surface area contributed by atoms with Gasteiger partial charge < -0.3 is 4.90 Å². The molecule has 0 N–H and O–H groups in total. The van der Waals surface area contributed by atoms with Gasteiger partial charge in [0.2, 0.25) is 0 Å². The van der Waals surface area contributed by atoms with Crippen molar-refractivity contribution in [1.29, 1.82) is 0 Å². The molecule has 76 valence electrons. The molecule has 0 atom stereocenters. The van der Waals surface area contributed by atoms with Crippen LogP contribution in [0, 0.1) is 13.8 Å². The van der Waals surface area contributed by atoms with Gasteiger partial charge in [-0.2, -0.15) is 18.6 Å². The molecule has 1 aliphatic rings. The Balaban J connectivity index is 0.00000112. The first-order valence-corrected chi connectivity index (χ1v) is 5.45. The standard InChI is InChI=1S/C13H18N.Li/c1-11-7-6-8-13(12(11)2)14-9-4-3-5-10-14;/h6-8H,1,3-5,9-10H2,2H3;/q-1;+1. The maximum Gasteiger partial charge on any atom is 1.00 e. The van der Waals surface area contributed by atoms with Crippen LogP contribution in [0.15, 0.2) is 18.2 Å². The Morgan fingerprint density at radius 3 is 2.47 bits per heavy atom. The predicted octanol–water partition coefficient (Wildman–Crippen LogP) is 0.172. The van der Waals surface area contributed by atoms with Crippen molar-refractivity contribution in [2.24, 2.45) is 0 Å². The van der Waals surface area contributed by atoms with Crippen molar-refractivity contribution in [3.8, 4) is 0 Å². The fourth-order valence-electron chi connectivity index (χ4n) is 2.15. The summed E-state index contributed by atoms with van der Waals surface area (Å²) < 4.78 is 0. The zero-order chi connectivity index (χ0) is 9.97. The largest absolute Gasteiger partial charge is 1.00 e. The average Bonchev–Trinajstić information content (AvgIpc) is 2.23. The summed E-state index contributed by atoms with van der Waals surface area (Å²) in [5.74, 6) is 0. The van der Waals surface area contributed by atoms with E-state index in [1.54, 1.807) is 0 Å². The van der Waals surface area contributed by atoms with Gasteiger partial charge in [-0.15, -0.1) is 11.6 Å². The minimum atomic E-state index is 0. The van der Waals surface area contributed by atoms with Gasteiger partial charge in [-0.25, -0.2) is 0 Å². The first-order valence-electron chi connectivity index (χ1n) is 5.45. The molecule has 0 saturated carbocycles. The Kier molecular flexibility index (Phi) is 4.64. The molecule has 0 radical (unpaired) electrons. The van der Waals surface area contributed by atoms with E-state index in [0.29, 0.717) is 0 Å². The van der Waals surface area contributed by atoms with E-state index in [2.05, 4.69) is 36.9 Å². The van der Waals surface area contributed by atoms with Crippen molar-refractivity contribution in [2.45, 2.75) is 26.2 Å². The fourth-order valence-corrected chi connectivity index (χ4v) is 2.15. The van der Waals surface area contributed by atoms with E-state index >= 15 is 0 Å². The molecular weight excluding hydrogens is 177 g/mol. The summed E-state index contributed by atoms with van der Waals surface area (Å²) in [4.78, 5) is 2.49. The second-order valence-electron chi connectivity index (χ2n) is 4.11. The van der Waals surface area contributed by atoms with Gasteiger partial charge in [0.05, 0.1) is 0 Å². The van der Waals surface area contributed by atoms with Gasteiger partial charge in [0.25, 0.3) is 0 Å². The van der Waals surface area contributed by atoms with Crippen molar-refractivity contribution < 1.29 is 18.9 Å². The monoisotopic (exact) mass is 195 g/mol. The molecule has 15 heavy (non-hydrogen) atoms. The molecule has 1 nitrogen and oxygen atoms in total. The van der Waals surface area contributed by atoms with Crippen molar-refractivity contribution in [2.75, 3.05) is 18.0 Å². The molecule has 0 bridgehead atoms. The summed E-state index contributed by atoms with van der Waals surface area (Å²) in [5.41, 5.74) is 3.89. The van der Waals surface area contributed by atoms with Crippen molar-refractivity contribution >= 4 is 5.69 Å². The van der Waals surface area contributed by atoms with Gasteiger partial charge in [-0.3, -0.25) is 0 Å². The Bertz CT molecular complexity index is 316. The van der Waals surface area contributed by atoms with Gasteiger partial charge in [-0.1, -0.05) is 13.0 Å². The maximum atomic E-state index is 4.05. The van der Waals surface area contributed by atoms with Crippen LogP contribution in [0.1, 0.15) is 30.4 Å². The summed E-state index contributed by atoms with van der Waals surface area (Å²) in [6.07, 6.45) is 4.06. The second kappa shape index (κ2) is 5.54. The zero-order valence-electron chi connectivity index (χ0n) is 9.92. The van der Waals surface area contributed by atoms with Crippen molar-refractivity contribution in [3.05, 3.63) is 36.2 Å². The molecule has 0 aromatic heterocycles. The SMILES string of the molecule is [CH2-]c1cccc(N2CCCCC2)c1C.[Li+]. The van der Waals surface area contributed by atoms with Gasteiger partial charge in [0, 0.05) is 13.1 Å². The third-order valence-electron chi connectivity index (χ3n) is 3.11. The molecule has 1 heterocycles.